The summed E-state index contributed by atoms with van der Waals surface area (Å²) >= 11 is 3.21. The second-order valence-corrected chi connectivity index (χ2v) is 8.01. The fourth-order valence-corrected chi connectivity index (χ4v) is 4.68. The SMILES string of the molecule is CCC(=O)NCCc1csc(C2CCN(C(=O)c3cccs3)CC2)n1. The zero-order valence-corrected chi connectivity index (χ0v) is 16.0. The van der Waals surface area contributed by atoms with Crippen molar-refractivity contribution in [1.82, 2.24) is 15.2 Å². The zero-order valence-electron chi connectivity index (χ0n) is 14.4. The van der Waals surface area contributed by atoms with Gasteiger partial charge in [0.15, 0.2) is 0 Å². The molecule has 5 nitrogen and oxygen atoms in total. The first kappa shape index (κ1) is 18.1. The minimum atomic E-state index is 0.0817. The van der Waals surface area contributed by atoms with Crippen molar-refractivity contribution in [3.8, 4) is 0 Å². The van der Waals surface area contributed by atoms with Gasteiger partial charge in [0.25, 0.3) is 5.91 Å². The van der Waals surface area contributed by atoms with Gasteiger partial charge in [-0.25, -0.2) is 4.98 Å². The third kappa shape index (κ3) is 4.67. The van der Waals surface area contributed by atoms with E-state index in [1.807, 2.05) is 29.3 Å². The summed E-state index contributed by atoms with van der Waals surface area (Å²) in [7, 11) is 0. The molecule has 1 aliphatic heterocycles. The Morgan fingerprint density at radius 2 is 2.12 bits per heavy atom. The van der Waals surface area contributed by atoms with Gasteiger partial charge in [-0.1, -0.05) is 13.0 Å². The lowest BCUT2D eigenvalue weighted by molar-refractivity contribution is -0.120. The molecule has 2 aromatic heterocycles. The first-order valence-corrected chi connectivity index (χ1v) is 10.5. The number of aromatic nitrogens is 1. The molecule has 1 fully saturated rings. The molecule has 0 radical (unpaired) electrons. The second kappa shape index (κ2) is 8.58. The molecule has 2 aromatic rings. The average Bonchev–Trinajstić information content (AvgIpc) is 3.33. The van der Waals surface area contributed by atoms with E-state index in [4.69, 9.17) is 4.98 Å². The Hall–Kier alpha value is -1.73. The summed E-state index contributed by atoms with van der Waals surface area (Å²) in [6, 6.07) is 3.81. The van der Waals surface area contributed by atoms with Crippen LogP contribution < -0.4 is 5.32 Å². The van der Waals surface area contributed by atoms with Crippen molar-refractivity contribution in [2.75, 3.05) is 19.6 Å². The van der Waals surface area contributed by atoms with E-state index in [2.05, 4.69) is 10.7 Å². The molecule has 3 heterocycles. The van der Waals surface area contributed by atoms with Crippen LogP contribution in [-0.4, -0.2) is 41.3 Å². The summed E-state index contributed by atoms with van der Waals surface area (Å²) in [6.45, 7) is 4.08. The molecule has 3 rings (SSSR count). The van der Waals surface area contributed by atoms with E-state index in [9.17, 15) is 9.59 Å². The fourth-order valence-electron chi connectivity index (χ4n) is 2.97. The third-order valence-corrected chi connectivity index (χ3v) is 6.37. The van der Waals surface area contributed by atoms with Crippen LogP contribution in [0.3, 0.4) is 0 Å². The number of thiazole rings is 1. The van der Waals surface area contributed by atoms with Gasteiger partial charge in [0.05, 0.1) is 15.6 Å². The van der Waals surface area contributed by atoms with Crippen LogP contribution in [-0.2, 0) is 11.2 Å². The van der Waals surface area contributed by atoms with Gasteiger partial charge >= 0.3 is 0 Å². The smallest absolute Gasteiger partial charge is 0.263 e. The summed E-state index contributed by atoms with van der Waals surface area (Å²) in [5, 5.41) is 8.09. The van der Waals surface area contributed by atoms with Crippen molar-refractivity contribution < 1.29 is 9.59 Å². The summed E-state index contributed by atoms with van der Waals surface area (Å²) in [5.41, 5.74) is 1.05. The van der Waals surface area contributed by atoms with Gasteiger partial charge in [-0.2, -0.15) is 0 Å². The van der Waals surface area contributed by atoms with Crippen LogP contribution in [0.25, 0.3) is 0 Å². The van der Waals surface area contributed by atoms with Crippen molar-refractivity contribution in [3.05, 3.63) is 38.5 Å². The maximum absolute atomic E-state index is 12.4. The molecule has 25 heavy (non-hydrogen) atoms. The number of hydrogen-bond acceptors (Lipinski definition) is 5. The van der Waals surface area contributed by atoms with Crippen LogP contribution in [0.5, 0.6) is 0 Å². The predicted molar refractivity (Wildman–Crippen MR) is 101 cm³/mol. The molecule has 0 saturated carbocycles. The van der Waals surface area contributed by atoms with E-state index in [1.165, 1.54) is 16.3 Å². The lowest BCUT2D eigenvalue weighted by Crippen LogP contribution is -2.37. The molecule has 1 saturated heterocycles. The highest BCUT2D eigenvalue weighted by atomic mass is 32.1. The number of hydrogen-bond donors (Lipinski definition) is 1. The first-order chi connectivity index (χ1) is 12.2. The number of carbonyl (C=O) groups is 2. The Morgan fingerprint density at radius 3 is 2.80 bits per heavy atom. The number of nitrogens with one attached hydrogen (secondary N) is 1. The molecule has 0 spiro atoms. The number of amides is 2. The molecule has 0 unspecified atom stereocenters. The van der Waals surface area contributed by atoms with E-state index >= 15 is 0 Å². The highest BCUT2D eigenvalue weighted by molar-refractivity contribution is 7.12. The van der Waals surface area contributed by atoms with Crippen molar-refractivity contribution in [2.24, 2.45) is 0 Å². The maximum Gasteiger partial charge on any atom is 0.263 e. The molecule has 0 bridgehead atoms. The van der Waals surface area contributed by atoms with Crippen molar-refractivity contribution >= 4 is 34.5 Å². The number of thiophene rings is 1. The molecular formula is C18H23N3O2S2. The quantitative estimate of drug-likeness (QED) is 0.840. The van der Waals surface area contributed by atoms with Crippen molar-refractivity contribution in [2.45, 2.75) is 38.5 Å². The topological polar surface area (TPSA) is 62.3 Å². The van der Waals surface area contributed by atoms with Crippen molar-refractivity contribution in [1.29, 1.82) is 0 Å². The van der Waals surface area contributed by atoms with E-state index in [1.54, 1.807) is 11.3 Å². The van der Waals surface area contributed by atoms with Crippen LogP contribution in [0.1, 0.15) is 52.5 Å². The normalized spacial score (nSPS) is 15.3. The number of carbonyl (C=O) groups excluding carboxylic acids is 2. The highest BCUT2D eigenvalue weighted by Gasteiger charge is 2.26. The summed E-state index contributed by atoms with van der Waals surface area (Å²) in [4.78, 5) is 31.2. The van der Waals surface area contributed by atoms with Crippen molar-refractivity contribution in [3.63, 3.8) is 0 Å². The fraction of sp³-hybridized carbons (Fsp3) is 0.500. The van der Waals surface area contributed by atoms with Gasteiger partial charge in [0.1, 0.15) is 0 Å². The Kier molecular flexibility index (Phi) is 6.20. The number of piperidine rings is 1. The largest absolute Gasteiger partial charge is 0.356 e. The second-order valence-electron chi connectivity index (χ2n) is 6.17. The summed E-state index contributed by atoms with van der Waals surface area (Å²) in [6.07, 6.45) is 3.23. The van der Waals surface area contributed by atoms with E-state index in [0.717, 1.165) is 42.9 Å². The minimum Gasteiger partial charge on any atom is -0.356 e. The van der Waals surface area contributed by atoms with Crippen LogP contribution in [0.2, 0.25) is 0 Å². The molecule has 1 aliphatic rings. The maximum atomic E-state index is 12.4. The van der Waals surface area contributed by atoms with Gasteiger partial charge in [0.2, 0.25) is 5.91 Å². The van der Waals surface area contributed by atoms with Gasteiger partial charge in [0, 0.05) is 43.8 Å². The summed E-state index contributed by atoms with van der Waals surface area (Å²) < 4.78 is 0. The van der Waals surface area contributed by atoms with Crippen LogP contribution in [0.4, 0.5) is 0 Å². The Balaban J connectivity index is 1.48. The van der Waals surface area contributed by atoms with Gasteiger partial charge in [-0.3, -0.25) is 9.59 Å². The lowest BCUT2D eigenvalue weighted by Gasteiger charge is -2.30. The van der Waals surface area contributed by atoms with E-state index in [0.29, 0.717) is 18.9 Å². The zero-order chi connectivity index (χ0) is 17.6. The first-order valence-electron chi connectivity index (χ1n) is 8.71. The Morgan fingerprint density at radius 1 is 1.32 bits per heavy atom. The number of nitrogens with zero attached hydrogens (tertiary/aromatic N) is 2. The monoisotopic (exact) mass is 377 g/mol. The van der Waals surface area contributed by atoms with Gasteiger partial charge < -0.3 is 10.2 Å². The Bertz CT molecular complexity index is 704. The molecule has 134 valence electrons. The Labute approximate surface area is 156 Å². The standard InChI is InChI=1S/C18H23N3O2S2/c1-2-16(22)19-8-5-14-12-25-17(20-14)13-6-9-21(10-7-13)18(23)15-4-3-11-24-15/h3-4,11-13H,2,5-10H2,1H3,(H,19,22). The van der Waals surface area contributed by atoms with Gasteiger partial charge in [-0.15, -0.1) is 22.7 Å². The number of likely N-dealkylation sites (tertiary alicyclic amines) is 1. The molecule has 0 aliphatic carbocycles. The average molecular weight is 378 g/mol. The van der Waals surface area contributed by atoms with E-state index in [-0.39, 0.29) is 11.8 Å². The summed E-state index contributed by atoms with van der Waals surface area (Å²) in [5.74, 6) is 0.676. The predicted octanol–water partition coefficient (Wildman–Crippen LogP) is 3.29. The van der Waals surface area contributed by atoms with Crippen LogP contribution >= 0.6 is 22.7 Å². The minimum absolute atomic E-state index is 0.0817. The van der Waals surface area contributed by atoms with Gasteiger partial charge in [-0.05, 0) is 24.3 Å². The molecule has 1 N–H and O–H groups in total. The third-order valence-electron chi connectivity index (χ3n) is 4.46. The van der Waals surface area contributed by atoms with E-state index < -0.39 is 0 Å². The van der Waals surface area contributed by atoms with Crippen LogP contribution in [0, 0.1) is 0 Å². The molecule has 2 amide bonds. The number of rotatable bonds is 6. The molecule has 0 atom stereocenters. The highest BCUT2D eigenvalue weighted by Crippen LogP contribution is 2.31. The molecule has 0 aromatic carbocycles. The molecule has 7 heteroatoms. The lowest BCUT2D eigenvalue weighted by atomic mass is 9.97. The molecular weight excluding hydrogens is 354 g/mol. The van der Waals surface area contributed by atoms with Crippen LogP contribution in [0.15, 0.2) is 22.9 Å².